The predicted octanol–water partition coefficient (Wildman–Crippen LogP) is 1.80. The van der Waals surface area contributed by atoms with Crippen LogP contribution in [0.2, 0.25) is 0 Å². The summed E-state index contributed by atoms with van der Waals surface area (Å²) >= 11 is 0. The summed E-state index contributed by atoms with van der Waals surface area (Å²) in [5, 5.41) is 8.38. The summed E-state index contributed by atoms with van der Waals surface area (Å²) in [5.74, 6) is -1.26. The van der Waals surface area contributed by atoms with Gasteiger partial charge in [0.1, 0.15) is 5.82 Å². The van der Waals surface area contributed by atoms with E-state index in [-0.39, 0.29) is 23.5 Å². The predicted molar refractivity (Wildman–Crippen MR) is 54.5 cm³/mol. The maximum Gasteiger partial charge on any atom is 0.303 e. The topological polar surface area (TPSA) is 54.4 Å². The number of carbonyl (C=O) groups is 1. The van der Waals surface area contributed by atoms with Crippen molar-refractivity contribution in [3.05, 3.63) is 30.1 Å². The zero-order chi connectivity index (χ0) is 11.3. The van der Waals surface area contributed by atoms with Gasteiger partial charge in [-0.2, -0.15) is 0 Å². The first kappa shape index (κ1) is 11.8. The lowest BCUT2D eigenvalue weighted by atomic mass is 10.3. The van der Waals surface area contributed by atoms with Gasteiger partial charge in [0.15, 0.2) is 0 Å². The fourth-order valence-corrected chi connectivity index (χ4v) is 2.24. The van der Waals surface area contributed by atoms with Crippen LogP contribution in [0.4, 0.5) is 4.39 Å². The molecule has 0 aliphatic heterocycles. The van der Waals surface area contributed by atoms with Gasteiger partial charge in [0.05, 0.1) is 15.7 Å². The molecule has 0 saturated heterocycles. The zero-order valence-electron chi connectivity index (χ0n) is 7.98. The minimum Gasteiger partial charge on any atom is -0.481 e. The highest BCUT2D eigenvalue weighted by atomic mass is 32.2. The Morgan fingerprint density at radius 3 is 2.67 bits per heavy atom. The van der Waals surface area contributed by atoms with Gasteiger partial charge in [0, 0.05) is 12.2 Å². The van der Waals surface area contributed by atoms with Crippen molar-refractivity contribution < 1.29 is 18.5 Å². The molecule has 1 N–H and O–H groups in total. The molecule has 1 atom stereocenters. The third-order valence-corrected chi connectivity index (χ3v) is 3.28. The van der Waals surface area contributed by atoms with Gasteiger partial charge in [-0.05, 0) is 18.6 Å². The summed E-state index contributed by atoms with van der Waals surface area (Å²) in [6, 6.07) is 5.82. The normalized spacial score (nSPS) is 12.3. The van der Waals surface area contributed by atoms with Gasteiger partial charge in [-0.3, -0.25) is 9.00 Å². The summed E-state index contributed by atoms with van der Waals surface area (Å²) in [7, 11) is -1.45. The fraction of sp³-hybridized carbons (Fsp3) is 0.300. The molecule has 0 fully saturated rings. The van der Waals surface area contributed by atoms with E-state index < -0.39 is 22.6 Å². The Morgan fingerprint density at radius 2 is 2.07 bits per heavy atom. The van der Waals surface area contributed by atoms with Crippen molar-refractivity contribution in [2.45, 2.75) is 17.7 Å². The maximum absolute atomic E-state index is 13.1. The molecule has 1 aromatic carbocycles. The van der Waals surface area contributed by atoms with E-state index in [1.165, 1.54) is 18.2 Å². The summed E-state index contributed by atoms with van der Waals surface area (Å²) in [4.78, 5) is 10.4. The van der Waals surface area contributed by atoms with Crippen molar-refractivity contribution in [1.29, 1.82) is 0 Å². The minimum absolute atomic E-state index is 0.0415. The Balaban J connectivity index is 2.54. The molecule has 0 bridgehead atoms. The number of rotatable bonds is 5. The summed E-state index contributed by atoms with van der Waals surface area (Å²) < 4.78 is 24.6. The first-order valence-electron chi connectivity index (χ1n) is 4.46. The zero-order valence-corrected chi connectivity index (χ0v) is 8.80. The average Bonchev–Trinajstić information content (AvgIpc) is 2.17. The Morgan fingerprint density at radius 1 is 1.40 bits per heavy atom. The van der Waals surface area contributed by atoms with E-state index in [2.05, 4.69) is 0 Å². The van der Waals surface area contributed by atoms with E-state index in [1.54, 1.807) is 6.07 Å². The van der Waals surface area contributed by atoms with Crippen LogP contribution in [0.25, 0.3) is 0 Å². The molecule has 1 rings (SSSR count). The van der Waals surface area contributed by atoms with E-state index in [9.17, 15) is 13.4 Å². The van der Waals surface area contributed by atoms with Crippen LogP contribution in [-0.4, -0.2) is 21.0 Å². The molecule has 0 spiro atoms. The van der Waals surface area contributed by atoms with Crippen LogP contribution in [-0.2, 0) is 15.6 Å². The number of hydrogen-bond donors (Lipinski definition) is 1. The molecule has 0 amide bonds. The van der Waals surface area contributed by atoms with E-state index in [0.29, 0.717) is 0 Å². The number of halogens is 1. The average molecular weight is 230 g/mol. The van der Waals surface area contributed by atoms with Crippen LogP contribution in [0.3, 0.4) is 0 Å². The standard InChI is InChI=1S/C10H11FO3S/c11-8-4-1-2-5-9(8)15(14)7-3-6-10(12)13/h1-2,4-5H,3,6-7H2,(H,12,13). The van der Waals surface area contributed by atoms with Crippen LogP contribution >= 0.6 is 0 Å². The first-order chi connectivity index (χ1) is 7.11. The van der Waals surface area contributed by atoms with E-state index >= 15 is 0 Å². The molecule has 5 heteroatoms. The second-order valence-corrected chi connectivity index (χ2v) is 4.52. The molecule has 3 nitrogen and oxygen atoms in total. The monoisotopic (exact) mass is 230 g/mol. The molecule has 1 unspecified atom stereocenters. The molecule has 0 saturated carbocycles. The second-order valence-electron chi connectivity index (χ2n) is 2.98. The number of benzene rings is 1. The second kappa shape index (κ2) is 5.60. The summed E-state index contributed by atoms with van der Waals surface area (Å²) in [5.41, 5.74) is 0. The number of aliphatic carboxylic acids is 1. The molecule has 0 aliphatic rings. The molecule has 82 valence electrons. The highest BCUT2D eigenvalue weighted by molar-refractivity contribution is 7.85. The number of hydrogen-bond acceptors (Lipinski definition) is 2. The Bertz CT molecular complexity index is 379. The maximum atomic E-state index is 13.1. The molecule has 0 aromatic heterocycles. The quantitative estimate of drug-likeness (QED) is 0.839. The third-order valence-electron chi connectivity index (χ3n) is 1.80. The molecule has 0 aliphatic carbocycles. The van der Waals surface area contributed by atoms with Crippen molar-refractivity contribution in [3.63, 3.8) is 0 Å². The highest BCUT2D eigenvalue weighted by Crippen LogP contribution is 2.12. The molecule has 15 heavy (non-hydrogen) atoms. The minimum atomic E-state index is -1.45. The van der Waals surface area contributed by atoms with E-state index in [0.717, 1.165) is 0 Å². The van der Waals surface area contributed by atoms with Crippen molar-refractivity contribution in [1.82, 2.24) is 0 Å². The van der Waals surface area contributed by atoms with Crippen molar-refractivity contribution in [3.8, 4) is 0 Å². The number of carboxylic acid groups (broad SMARTS) is 1. The van der Waals surface area contributed by atoms with Gasteiger partial charge in [0.25, 0.3) is 0 Å². The Kier molecular flexibility index (Phi) is 4.42. The van der Waals surface area contributed by atoms with Crippen molar-refractivity contribution >= 4 is 16.8 Å². The van der Waals surface area contributed by atoms with Gasteiger partial charge in [-0.1, -0.05) is 12.1 Å². The highest BCUT2D eigenvalue weighted by Gasteiger charge is 2.09. The molecule has 0 heterocycles. The first-order valence-corrected chi connectivity index (χ1v) is 5.78. The SMILES string of the molecule is O=C(O)CCCS(=O)c1ccccc1F. The van der Waals surface area contributed by atoms with Crippen LogP contribution in [0.15, 0.2) is 29.2 Å². The molecule has 1 aromatic rings. The smallest absolute Gasteiger partial charge is 0.303 e. The largest absolute Gasteiger partial charge is 0.481 e. The Hall–Kier alpha value is -1.23. The van der Waals surface area contributed by atoms with Gasteiger partial charge in [-0.25, -0.2) is 4.39 Å². The summed E-state index contributed by atoms with van der Waals surface area (Å²) in [6.45, 7) is 0. The third kappa shape index (κ3) is 3.79. The van der Waals surface area contributed by atoms with E-state index in [4.69, 9.17) is 5.11 Å². The van der Waals surface area contributed by atoms with Crippen LogP contribution in [0, 0.1) is 5.82 Å². The lowest BCUT2D eigenvalue weighted by Gasteiger charge is -2.01. The van der Waals surface area contributed by atoms with Crippen LogP contribution in [0.1, 0.15) is 12.8 Å². The molecular weight excluding hydrogens is 219 g/mol. The van der Waals surface area contributed by atoms with E-state index in [1.807, 2.05) is 0 Å². The Labute approximate surface area is 89.4 Å². The fourth-order valence-electron chi connectivity index (χ4n) is 1.09. The lowest BCUT2D eigenvalue weighted by molar-refractivity contribution is -0.137. The van der Waals surface area contributed by atoms with Gasteiger partial charge >= 0.3 is 5.97 Å². The number of carboxylic acids is 1. The van der Waals surface area contributed by atoms with Crippen molar-refractivity contribution in [2.75, 3.05) is 5.75 Å². The van der Waals surface area contributed by atoms with Gasteiger partial charge < -0.3 is 5.11 Å². The lowest BCUT2D eigenvalue weighted by Crippen LogP contribution is -2.03. The van der Waals surface area contributed by atoms with Gasteiger partial charge in [-0.15, -0.1) is 0 Å². The van der Waals surface area contributed by atoms with Crippen LogP contribution in [0.5, 0.6) is 0 Å². The molecule has 0 radical (unpaired) electrons. The summed E-state index contributed by atoms with van der Waals surface area (Å²) in [6.07, 6.45) is 0.246. The van der Waals surface area contributed by atoms with Gasteiger partial charge in [0.2, 0.25) is 0 Å². The van der Waals surface area contributed by atoms with Crippen LogP contribution < -0.4 is 0 Å². The van der Waals surface area contributed by atoms with Crippen molar-refractivity contribution in [2.24, 2.45) is 0 Å². The molecular formula is C10H11FO3S.